The molecule has 5 rings (SSSR count). The van der Waals surface area contributed by atoms with Crippen LogP contribution in [0.5, 0.6) is 0 Å². The number of rotatable bonds is 3. The van der Waals surface area contributed by atoms with E-state index in [0.29, 0.717) is 13.0 Å². The summed E-state index contributed by atoms with van der Waals surface area (Å²) in [5, 5.41) is 8.95. The molecule has 1 atom stereocenters. The number of pyridine rings is 1. The molecule has 2 aliphatic rings. The average molecular weight is 353 g/mol. The summed E-state index contributed by atoms with van der Waals surface area (Å²) in [6.07, 6.45) is 7.61. The lowest BCUT2D eigenvalue weighted by atomic mass is 10.3. The average Bonchev–Trinajstić information content (AvgIpc) is 3.38. The highest BCUT2D eigenvalue weighted by Gasteiger charge is 2.25. The van der Waals surface area contributed by atoms with E-state index in [-0.39, 0.29) is 0 Å². The van der Waals surface area contributed by atoms with Crippen LogP contribution >= 0.6 is 0 Å². The zero-order valence-corrected chi connectivity index (χ0v) is 14.6. The van der Waals surface area contributed by atoms with Crippen LogP contribution in [-0.4, -0.2) is 43.8 Å². The maximum atomic E-state index is 13.4. The molecule has 8 heteroatoms. The molecule has 134 valence electrons. The molecule has 0 amide bonds. The Balaban J connectivity index is 1.32. The van der Waals surface area contributed by atoms with E-state index in [2.05, 4.69) is 21.2 Å². The lowest BCUT2D eigenvalue weighted by Gasteiger charge is -2.16. The van der Waals surface area contributed by atoms with E-state index in [1.807, 2.05) is 52.0 Å². The zero-order valence-electron chi connectivity index (χ0n) is 14.6. The Morgan fingerprint density at radius 1 is 1.08 bits per heavy atom. The van der Waals surface area contributed by atoms with Crippen molar-refractivity contribution in [2.24, 2.45) is 7.05 Å². The van der Waals surface area contributed by atoms with Crippen molar-refractivity contribution >= 4 is 11.5 Å². The Morgan fingerprint density at radius 3 is 2.65 bits per heavy atom. The molecule has 1 fully saturated rings. The summed E-state index contributed by atoms with van der Waals surface area (Å²) in [6.45, 7) is 2.78. The van der Waals surface area contributed by atoms with E-state index in [1.54, 1.807) is 0 Å². The summed E-state index contributed by atoms with van der Waals surface area (Å²) in [6, 6.07) is 3.94. The van der Waals surface area contributed by atoms with Gasteiger partial charge < -0.3 is 9.80 Å². The summed E-state index contributed by atoms with van der Waals surface area (Å²) >= 11 is 0. The molecule has 0 N–H and O–H groups in total. The van der Waals surface area contributed by atoms with Crippen LogP contribution in [0.25, 0.3) is 5.69 Å². The first kappa shape index (κ1) is 15.4. The summed E-state index contributed by atoms with van der Waals surface area (Å²) in [5.41, 5.74) is 4.34. The topological polar surface area (TPSA) is 55.0 Å². The zero-order chi connectivity index (χ0) is 17.7. The molecular weight excluding hydrogens is 333 g/mol. The van der Waals surface area contributed by atoms with E-state index in [1.165, 1.54) is 5.56 Å². The Bertz CT molecular complexity index is 906. The predicted octanol–water partition coefficient (Wildman–Crippen LogP) is 2.07. The molecule has 0 bridgehead atoms. The lowest BCUT2D eigenvalue weighted by molar-refractivity contribution is 0.364. The first-order chi connectivity index (χ1) is 12.7. The highest BCUT2D eigenvalue weighted by atomic mass is 19.1. The van der Waals surface area contributed by atoms with Gasteiger partial charge in [-0.05, 0) is 18.6 Å². The van der Waals surface area contributed by atoms with Crippen molar-refractivity contribution in [1.29, 1.82) is 0 Å². The molecule has 0 aliphatic carbocycles. The molecule has 5 heterocycles. The van der Waals surface area contributed by atoms with Gasteiger partial charge in [-0.15, -0.1) is 0 Å². The van der Waals surface area contributed by atoms with E-state index in [4.69, 9.17) is 5.10 Å². The van der Waals surface area contributed by atoms with Gasteiger partial charge >= 0.3 is 0 Å². The molecule has 0 spiro atoms. The third-order valence-electron chi connectivity index (χ3n) is 5.09. The van der Waals surface area contributed by atoms with Gasteiger partial charge in [-0.2, -0.15) is 10.2 Å². The van der Waals surface area contributed by atoms with Crippen molar-refractivity contribution < 1.29 is 4.39 Å². The third kappa shape index (κ3) is 2.61. The van der Waals surface area contributed by atoms with Crippen LogP contribution in [-0.2, 0) is 20.1 Å². The maximum absolute atomic E-state index is 13.4. The van der Waals surface area contributed by atoms with Crippen LogP contribution in [0.1, 0.15) is 17.7 Å². The van der Waals surface area contributed by atoms with Gasteiger partial charge in [-0.1, -0.05) is 0 Å². The van der Waals surface area contributed by atoms with Crippen LogP contribution in [0.4, 0.5) is 15.9 Å². The minimum Gasteiger partial charge on any atom is -0.359 e. The number of hydrogen-bond donors (Lipinski definition) is 0. The molecule has 0 saturated carbocycles. The molecule has 1 saturated heterocycles. The van der Waals surface area contributed by atoms with Crippen LogP contribution in [0.3, 0.4) is 0 Å². The minimum absolute atomic E-state index is 0.437. The Morgan fingerprint density at radius 2 is 2.00 bits per heavy atom. The van der Waals surface area contributed by atoms with Crippen molar-refractivity contribution in [2.75, 3.05) is 22.9 Å². The lowest BCUT2D eigenvalue weighted by Crippen LogP contribution is -2.21. The third-order valence-corrected chi connectivity index (χ3v) is 5.09. The summed E-state index contributed by atoms with van der Waals surface area (Å²) in [4.78, 5) is 8.75. The number of aromatic nitrogens is 5. The van der Waals surface area contributed by atoms with Crippen LogP contribution in [0.2, 0.25) is 0 Å². The summed E-state index contributed by atoms with van der Waals surface area (Å²) in [5.74, 6) is 0.830. The van der Waals surface area contributed by atoms with Crippen molar-refractivity contribution in [1.82, 2.24) is 24.5 Å². The number of hydrogen-bond acceptors (Lipinski definition) is 5. The number of alkyl halides is 1. The number of anilines is 2. The smallest absolute Gasteiger partial charge is 0.128 e. The number of nitrogens with zero attached hydrogens (tertiary/aromatic N) is 7. The fourth-order valence-corrected chi connectivity index (χ4v) is 3.67. The van der Waals surface area contributed by atoms with Crippen molar-refractivity contribution in [3.63, 3.8) is 0 Å². The molecule has 0 unspecified atom stereocenters. The second-order valence-electron chi connectivity index (χ2n) is 6.98. The van der Waals surface area contributed by atoms with Crippen molar-refractivity contribution in [2.45, 2.75) is 25.7 Å². The number of aryl methyl sites for hydroxylation is 1. The van der Waals surface area contributed by atoms with Gasteiger partial charge in [0.1, 0.15) is 12.0 Å². The Kier molecular flexibility index (Phi) is 3.44. The van der Waals surface area contributed by atoms with Gasteiger partial charge in [-0.3, -0.25) is 4.68 Å². The minimum atomic E-state index is -0.742. The SMILES string of the molecule is Cn1cc(N2Cc3cn(-c4ccc(N5CC[C@@H](F)C5)nc4)nc3C2)cn1. The second-order valence-corrected chi connectivity index (χ2v) is 6.98. The van der Waals surface area contributed by atoms with Crippen molar-refractivity contribution in [3.8, 4) is 5.69 Å². The molecule has 3 aromatic heterocycles. The van der Waals surface area contributed by atoms with Gasteiger partial charge in [0, 0.05) is 38.1 Å². The monoisotopic (exact) mass is 353 g/mol. The largest absolute Gasteiger partial charge is 0.359 e. The van der Waals surface area contributed by atoms with E-state index >= 15 is 0 Å². The number of halogens is 1. The Hall–Kier alpha value is -2.90. The molecule has 2 aliphatic heterocycles. The normalized spacial score (nSPS) is 19.4. The molecular formula is C18H20FN7. The van der Waals surface area contributed by atoms with E-state index in [0.717, 1.165) is 42.5 Å². The van der Waals surface area contributed by atoms with Crippen LogP contribution in [0, 0.1) is 0 Å². The highest BCUT2D eigenvalue weighted by Crippen LogP contribution is 2.28. The molecule has 7 nitrogen and oxygen atoms in total. The number of fused-ring (bicyclic) bond motifs is 1. The summed E-state index contributed by atoms with van der Waals surface area (Å²) in [7, 11) is 1.92. The molecule has 0 radical (unpaired) electrons. The van der Waals surface area contributed by atoms with Crippen LogP contribution in [0.15, 0.2) is 36.9 Å². The first-order valence-electron chi connectivity index (χ1n) is 8.82. The fraction of sp³-hybridized carbons (Fsp3) is 0.389. The quantitative estimate of drug-likeness (QED) is 0.722. The molecule has 26 heavy (non-hydrogen) atoms. The van der Waals surface area contributed by atoms with Gasteiger partial charge in [0.25, 0.3) is 0 Å². The van der Waals surface area contributed by atoms with Gasteiger partial charge in [0.15, 0.2) is 0 Å². The fourth-order valence-electron chi connectivity index (χ4n) is 3.67. The summed E-state index contributed by atoms with van der Waals surface area (Å²) < 4.78 is 17.0. The standard InChI is InChI=1S/C18H20FN7/c1-23-11-16(7-21-23)25-8-13-9-26(22-17(13)12-25)15-2-3-18(20-6-15)24-5-4-14(19)10-24/h2-3,6-7,9,11,14H,4-5,8,10,12H2,1H3/t14-/m1/s1. The van der Waals surface area contributed by atoms with E-state index < -0.39 is 6.17 Å². The van der Waals surface area contributed by atoms with Gasteiger partial charge in [0.05, 0.1) is 42.6 Å². The highest BCUT2D eigenvalue weighted by molar-refractivity contribution is 5.49. The van der Waals surface area contributed by atoms with Crippen LogP contribution < -0.4 is 9.80 Å². The van der Waals surface area contributed by atoms with E-state index in [9.17, 15) is 4.39 Å². The predicted molar refractivity (Wildman–Crippen MR) is 96.2 cm³/mol. The van der Waals surface area contributed by atoms with Crippen molar-refractivity contribution in [3.05, 3.63) is 48.2 Å². The van der Waals surface area contributed by atoms with Gasteiger partial charge in [-0.25, -0.2) is 14.1 Å². The maximum Gasteiger partial charge on any atom is 0.128 e. The second kappa shape index (κ2) is 5.82. The first-order valence-corrected chi connectivity index (χ1v) is 8.82. The van der Waals surface area contributed by atoms with Gasteiger partial charge in [0.2, 0.25) is 0 Å². The molecule has 0 aromatic carbocycles. The Labute approximate surface area is 150 Å². The molecule has 3 aromatic rings.